The van der Waals surface area contributed by atoms with E-state index >= 15 is 0 Å². The number of carbonyl (C=O) groups is 1. The Morgan fingerprint density at radius 1 is 1.40 bits per heavy atom. The molecule has 0 atom stereocenters. The average molecular weight is 347 g/mol. The number of urea groups is 1. The molecule has 1 aromatic heterocycles. The highest BCUT2D eigenvalue weighted by Gasteiger charge is 2.10. The van der Waals surface area contributed by atoms with Crippen molar-refractivity contribution in [1.29, 1.82) is 0 Å². The lowest BCUT2D eigenvalue weighted by Gasteiger charge is -2.16. The highest BCUT2D eigenvalue weighted by atomic mass is 79.9. The number of nitrogens with zero attached hydrogens (tertiary/aromatic N) is 1. The Hall–Kier alpha value is -1.01. The number of carbonyl (C=O) groups excluding carboxylic acids is 1. The van der Waals surface area contributed by atoms with E-state index in [9.17, 15) is 4.79 Å². The molecule has 1 aromatic rings. The van der Waals surface area contributed by atoms with Gasteiger partial charge >= 0.3 is 6.03 Å². The van der Waals surface area contributed by atoms with Crippen LogP contribution in [0.4, 0.5) is 4.79 Å². The molecule has 114 valence electrons. The van der Waals surface area contributed by atoms with Gasteiger partial charge in [0.15, 0.2) is 4.67 Å². The van der Waals surface area contributed by atoms with Crippen LogP contribution in [0, 0.1) is 0 Å². The first-order valence-corrected chi connectivity index (χ1v) is 7.73. The molecule has 6 heteroatoms. The maximum absolute atomic E-state index is 11.8. The van der Waals surface area contributed by atoms with Crippen LogP contribution in [0.5, 0.6) is 0 Å². The molecule has 0 aliphatic heterocycles. The first kappa shape index (κ1) is 17.0. The summed E-state index contributed by atoms with van der Waals surface area (Å²) < 4.78 is 11.5. The van der Waals surface area contributed by atoms with E-state index in [0.29, 0.717) is 24.4 Å². The molecule has 1 N–H and O–H groups in total. The number of ether oxygens (including phenoxy) is 1. The summed E-state index contributed by atoms with van der Waals surface area (Å²) in [6.07, 6.45) is 3.06. The van der Waals surface area contributed by atoms with Crippen LogP contribution in [-0.4, -0.2) is 37.7 Å². The summed E-state index contributed by atoms with van der Waals surface area (Å²) >= 11 is 3.24. The van der Waals surface area contributed by atoms with Crippen LogP contribution < -0.4 is 5.32 Å². The summed E-state index contributed by atoms with van der Waals surface area (Å²) in [6, 6.07) is 3.55. The monoisotopic (exact) mass is 346 g/mol. The van der Waals surface area contributed by atoms with Crippen molar-refractivity contribution in [3.63, 3.8) is 0 Å². The maximum Gasteiger partial charge on any atom is 0.317 e. The summed E-state index contributed by atoms with van der Waals surface area (Å²) in [5.74, 6) is 0.748. The van der Waals surface area contributed by atoms with Crippen molar-refractivity contribution in [3.8, 4) is 0 Å². The van der Waals surface area contributed by atoms with Crippen molar-refractivity contribution in [2.45, 2.75) is 32.7 Å². The van der Waals surface area contributed by atoms with Gasteiger partial charge in [-0.1, -0.05) is 13.3 Å². The number of amides is 2. The zero-order valence-corrected chi connectivity index (χ0v) is 13.7. The van der Waals surface area contributed by atoms with E-state index in [1.165, 1.54) is 0 Å². The van der Waals surface area contributed by atoms with Crippen molar-refractivity contribution < 1.29 is 13.9 Å². The van der Waals surface area contributed by atoms with Gasteiger partial charge in [-0.25, -0.2) is 4.79 Å². The number of nitrogens with one attached hydrogen (secondary N) is 1. The highest BCUT2D eigenvalue weighted by molar-refractivity contribution is 9.10. The van der Waals surface area contributed by atoms with E-state index in [2.05, 4.69) is 28.2 Å². The van der Waals surface area contributed by atoms with Crippen molar-refractivity contribution in [1.82, 2.24) is 10.2 Å². The first-order valence-electron chi connectivity index (χ1n) is 6.94. The number of furan rings is 1. The van der Waals surface area contributed by atoms with Crippen molar-refractivity contribution >= 4 is 22.0 Å². The van der Waals surface area contributed by atoms with Gasteiger partial charge in [-0.05, 0) is 40.9 Å². The van der Waals surface area contributed by atoms with E-state index in [1.54, 1.807) is 11.9 Å². The average Bonchev–Trinajstić information content (AvgIpc) is 2.82. The van der Waals surface area contributed by atoms with Crippen LogP contribution in [0.1, 0.15) is 31.9 Å². The summed E-state index contributed by atoms with van der Waals surface area (Å²) in [7, 11) is 1.74. The summed E-state index contributed by atoms with van der Waals surface area (Å²) in [6.45, 7) is 4.70. The van der Waals surface area contributed by atoms with Crippen LogP contribution >= 0.6 is 15.9 Å². The lowest BCUT2D eigenvalue weighted by atomic mass is 10.4. The fraction of sp³-hybridized carbons (Fsp3) is 0.643. The van der Waals surface area contributed by atoms with E-state index in [4.69, 9.17) is 9.15 Å². The molecular weight excluding hydrogens is 324 g/mol. The molecule has 0 fully saturated rings. The van der Waals surface area contributed by atoms with Gasteiger partial charge in [0.05, 0.1) is 6.54 Å². The summed E-state index contributed by atoms with van der Waals surface area (Å²) in [5.41, 5.74) is 0. The van der Waals surface area contributed by atoms with E-state index < -0.39 is 0 Å². The Bertz CT molecular complexity index is 396. The minimum absolute atomic E-state index is 0.105. The lowest BCUT2D eigenvalue weighted by molar-refractivity contribution is 0.128. The molecule has 0 saturated carbocycles. The molecule has 0 saturated heterocycles. The highest BCUT2D eigenvalue weighted by Crippen LogP contribution is 2.15. The first-order chi connectivity index (χ1) is 9.63. The lowest BCUT2D eigenvalue weighted by Crippen LogP contribution is -2.37. The maximum atomic E-state index is 11.8. The summed E-state index contributed by atoms with van der Waals surface area (Å²) in [5, 5.41) is 2.85. The number of rotatable bonds is 9. The molecule has 5 nitrogen and oxygen atoms in total. The number of unbranched alkanes of at least 4 members (excludes halogenated alkanes) is 1. The van der Waals surface area contributed by atoms with Gasteiger partial charge in [0.2, 0.25) is 0 Å². The van der Waals surface area contributed by atoms with Gasteiger partial charge in [0, 0.05) is 26.8 Å². The standard InChI is InChI=1S/C14H23BrN2O3/c1-3-4-9-19-10-5-8-16-14(18)17(2)11-12-6-7-13(15)20-12/h6-7H,3-5,8-11H2,1-2H3,(H,16,18). The predicted octanol–water partition coefficient (Wildman–Crippen LogP) is 3.39. The molecule has 0 aromatic carbocycles. The minimum atomic E-state index is -0.105. The SMILES string of the molecule is CCCCOCCCNC(=O)N(C)Cc1ccc(Br)o1. The molecule has 0 unspecified atom stereocenters. The third-order valence-corrected chi connectivity index (χ3v) is 3.18. The van der Waals surface area contributed by atoms with Crippen LogP contribution in [0.2, 0.25) is 0 Å². The third kappa shape index (κ3) is 6.96. The molecule has 0 aliphatic carbocycles. The molecule has 1 rings (SSSR count). The van der Waals surface area contributed by atoms with Gasteiger partial charge in [0.1, 0.15) is 5.76 Å². The molecule has 20 heavy (non-hydrogen) atoms. The second kappa shape index (κ2) is 9.83. The van der Waals surface area contributed by atoms with Crippen molar-refractivity contribution in [2.24, 2.45) is 0 Å². The Balaban J connectivity index is 2.09. The quantitative estimate of drug-likeness (QED) is 0.697. The Morgan fingerprint density at radius 2 is 2.15 bits per heavy atom. The topological polar surface area (TPSA) is 54.7 Å². The number of halogens is 1. The Morgan fingerprint density at radius 3 is 2.80 bits per heavy atom. The smallest absolute Gasteiger partial charge is 0.317 e. The van der Waals surface area contributed by atoms with Gasteiger partial charge in [0.25, 0.3) is 0 Å². The van der Waals surface area contributed by atoms with Gasteiger partial charge in [-0.15, -0.1) is 0 Å². The molecular formula is C14H23BrN2O3. The Labute approximate surface area is 128 Å². The van der Waals surface area contributed by atoms with Crippen LogP contribution in [-0.2, 0) is 11.3 Å². The zero-order valence-electron chi connectivity index (χ0n) is 12.2. The van der Waals surface area contributed by atoms with Crippen LogP contribution in [0.15, 0.2) is 21.2 Å². The largest absolute Gasteiger partial charge is 0.452 e. The molecule has 0 radical (unpaired) electrons. The second-order valence-electron chi connectivity index (χ2n) is 4.61. The van der Waals surface area contributed by atoms with Crippen molar-refractivity contribution in [2.75, 3.05) is 26.8 Å². The van der Waals surface area contributed by atoms with Gasteiger partial charge in [-0.2, -0.15) is 0 Å². The fourth-order valence-electron chi connectivity index (χ4n) is 1.60. The van der Waals surface area contributed by atoms with Gasteiger partial charge in [-0.3, -0.25) is 0 Å². The molecule has 0 aliphatic rings. The molecule has 2 amide bonds. The second-order valence-corrected chi connectivity index (χ2v) is 5.39. The van der Waals surface area contributed by atoms with E-state index in [1.807, 2.05) is 12.1 Å². The molecule has 1 heterocycles. The normalized spacial score (nSPS) is 10.6. The fourth-order valence-corrected chi connectivity index (χ4v) is 1.94. The van der Waals surface area contributed by atoms with Gasteiger partial charge < -0.3 is 19.4 Å². The molecule has 0 spiro atoms. The van der Waals surface area contributed by atoms with Crippen LogP contribution in [0.3, 0.4) is 0 Å². The van der Waals surface area contributed by atoms with E-state index in [-0.39, 0.29) is 6.03 Å². The predicted molar refractivity (Wildman–Crippen MR) is 81.6 cm³/mol. The molecule has 0 bridgehead atoms. The third-order valence-electron chi connectivity index (χ3n) is 2.75. The van der Waals surface area contributed by atoms with E-state index in [0.717, 1.165) is 31.6 Å². The number of hydrogen-bond acceptors (Lipinski definition) is 3. The Kier molecular flexibility index (Phi) is 8.37. The van der Waals surface area contributed by atoms with Crippen molar-refractivity contribution in [3.05, 3.63) is 22.6 Å². The zero-order chi connectivity index (χ0) is 14.8. The van der Waals surface area contributed by atoms with Crippen LogP contribution in [0.25, 0.3) is 0 Å². The summed E-state index contributed by atoms with van der Waals surface area (Å²) in [4.78, 5) is 13.4. The number of hydrogen-bond donors (Lipinski definition) is 1. The minimum Gasteiger partial charge on any atom is -0.452 e.